The lowest BCUT2D eigenvalue weighted by Crippen LogP contribution is -2.51. The Kier molecular flexibility index (Phi) is 2.90. The zero-order chi connectivity index (χ0) is 13.7. The maximum Gasteiger partial charge on any atom is 0.417 e. The first-order valence-electron chi connectivity index (χ1n) is 6.15. The van der Waals surface area contributed by atoms with Crippen molar-refractivity contribution in [1.82, 2.24) is 4.90 Å². The maximum absolute atomic E-state index is 12.0. The van der Waals surface area contributed by atoms with Crippen LogP contribution in [0.5, 0.6) is 0 Å². The Morgan fingerprint density at radius 1 is 1.39 bits per heavy atom. The SMILES string of the molecule is CC(C)(C)OC(=O)N1C(=O)[C@H]2CCC[C@@H]1C2(O)O. The summed E-state index contributed by atoms with van der Waals surface area (Å²) in [6.07, 6.45) is 0.689. The van der Waals surface area contributed by atoms with E-state index in [1.54, 1.807) is 20.8 Å². The van der Waals surface area contributed by atoms with Crippen molar-refractivity contribution in [3.63, 3.8) is 0 Å². The number of likely N-dealkylation sites (tertiary alicyclic amines) is 1. The fourth-order valence-electron chi connectivity index (χ4n) is 2.65. The first-order chi connectivity index (χ1) is 8.14. The van der Waals surface area contributed by atoms with E-state index in [1.165, 1.54) is 0 Å². The number of nitrogens with zero attached hydrogens (tertiary/aromatic N) is 1. The van der Waals surface area contributed by atoms with E-state index in [1.807, 2.05) is 0 Å². The van der Waals surface area contributed by atoms with E-state index in [9.17, 15) is 19.8 Å². The number of aliphatic hydroxyl groups is 2. The molecule has 0 aromatic rings. The molecule has 102 valence electrons. The van der Waals surface area contributed by atoms with Crippen molar-refractivity contribution in [3.05, 3.63) is 0 Å². The van der Waals surface area contributed by atoms with E-state index >= 15 is 0 Å². The Morgan fingerprint density at radius 2 is 2.00 bits per heavy atom. The third-order valence-corrected chi connectivity index (χ3v) is 3.41. The van der Waals surface area contributed by atoms with Crippen LogP contribution in [0.4, 0.5) is 4.79 Å². The van der Waals surface area contributed by atoms with Crippen LogP contribution in [-0.2, 0) is 9.53 Å². The third kappa shape index (κ3) is 1.99. The van der Waals surface area contributed by atoms with Gasteiger partial charge in [0.2, 0.25) is 5.91 Å². The zero-order valence-corrected chi connectivity index (χ0v) is 10.8. The van der Waals surface area contributed by atoms with Gasteiger partial charge in [-0.25, -0.2) is 9.69 Å². The molecule has 18 heavy (non-hydrogen) atoms. The van der Waals surface area contributed by atoms with Gasteiger partial charge in [-0.3, -0.25) is 4.79 Å². The lowest BCUT2D eigenvalue weighted by molar-refractivity contribution is -0.213. The second-order valence-electron chi connectivity index (χ2n) is 5.97. The molecule has 1 saturated carbocycles. The average molecular weight is 257 g/mol. The summed E-state index contributed by atoms with van der Waals surface area (Å²) in [5.41, 5.74) is -0.721. The number of rotatable bonds is 0. The van der Waals surface area contributed by atoms with Crippen LogP contribution in [0.3, 0.4) is 0 Å². The molecule has 1 heterocycles. The fraction of sp³-hybridized carbons (Fsp3) is 0.833. The molecule has 6 nitrogen and oxygen atoms in total. The standard InChI is InChI=1S/C12H19NO5/c1-11(2,3)18-10(15)13-8-6-4-5-7(9(13)14)12(8,16)17/h7-8,16-17H,4-6H2,1-3H3/t7-,8-/m1/s1. The van der Waals surface area contributed by atoms with Crippen LogP contribution >= 0.6 is 0 Å². The van der Waals surface area contributed by atoms with Crippen molar-refractivity contribution in [2.45, 2.75) is 57.5 Å². The molecule has 0 aromatic heterocycles. The van der Waals surface area contributed by atoms with Gasteiger partial charge in [-0.05, 0) is 33.6 Å². The van der Waals surface area contributed by atoms with E-state index in [4.69, 9.17) is 4.74 Å². The summed E-state index contributed by atoms with van der Waals surface area (Å²) in [5, 5.41) is 19.9. The predicted octanol–water partition coefficient (Wildman–Crippen LogP) is 0.613. The second-order valence-corrected chi connectivity index (χ2v) is 5.97. The monoisotopic (exact) mass is 257 g/mol. The average Bonchev–Trinajstić information content (AvgIpc) is 2.33. The van der Waals surface area contributed by atoms with Gasteiger partial charge in [0, 0.05) is 0 Å². The first kappa shape index (κ1) is 13.3. The van der Waals surface area contributed by atoms with Gasteiger partial charge in [0.25, 0.3) is 0 Å². The van der Waals surface area contributed by atoms with Gasteiger partial charge in [0.05, 0.1) is 12.0 Å². The third-order valence-electron chi connectivity index (χ3n) is 3.41. The Morgan fingerprint density at radius 3 is 2.50 bits per heavy atom. The quantitative estimate of drug-likeness (QED) is 0.621. The summed E-state index contributed by atoms with van der Waals surface area (Å²) in [6.45, 7) is 5.09. The summed E-state index contributed by atoms with van der Waals surface area (Å²) in [5.74, 6) is -3.58. The highest BCUT2D eigenvalue weighted by atomic mass is 16.6. The highest BCUT2D eigenvalue weighted by Crippen LogP contribution is 2.43. The molecule has 2 fully saturated rings. The summed E-state index contributed by atoms with van der Waals surface area (Å²) in [7, 11) is 0. The number of carbonyl (C=O) groups is 2. The van der Waals surface area contributed by atoms with Crippen LogP contribution in [-0.4, -0.2) is 44.5 Å². The smallest absolute Gasteiger partial charge is 0.417 e. The van der Waals surface area contributed by atoms with E-state index < -0.39 is 35.3 Å². The van der Waals surface area contributed by atoms with Crippen LogP contribution in [0.2, 0.25) is 0 Å². The minimum atomic E-state index is -2.12. The molecule has 0 aromatic carbocycles. The van der Waals surface area contributed by atoms with Crippen LogP contribution in [0.15, 0.2) is 0 Å². The van der Waals surface area contributed by atoms with Gasteiger partial charge < -0.3 is 14.9 Å². The lowest BCUT2D eigenvalue weighted by atomic mass is 9.84. The zero-order valence-electron chi connectivity index (χ0n) is 10.8. The highest BCUT2D eigenvalue weighted by molar-refractivity contribution is 5.97. The van der Waals surface area contributed by atoms with E-state index in [2.05, 4.69) is 0 Å². The number of carbonyl (C=O) groups excluding carboxylic acids is 2. The minimum absolute atomic E-state index is 0.391. The Hall–Kier alpha value is -1.14. The maximum atomic E-state index is 12.0. The molecule has 0 unspecified atom stereocenters. The van der Waals surface area contributed by atoms with Crippen molar-refractivity contribution in [3.8, 4) is 0 Å². The van der Waals surface area contributed by atoms with Gasteiger partial charge >= 0.3 is 6.09 Å². The van der Waals surface area contributed by atoms with Crippen LogP contribution in [0.1, 0.15) is 40.0 Å². The molecule has 0 spiro atoms. The number of hydrogen-bond donors (Lipinski definition) is 2. The van der Waals surface area contributed by atoms with E-state index in [0.29, 0.717) is 19.3 Å². The molecular weight excluding hydrogens is 238 g/mol. The molecular formula is C12H19NO5. The fourth-order valence-corrected chi connectivity index (χ4v) is 2.65. The molecule has 0 radical (unpaired) electrons. The van der Waals surface area contributed by atoms with Crippen molar-refractivity contribution >= 4 is 12.0 Å². The molecule has 2 rings (SSSR count). The molecule has 1 aliphatic carbocycles. The Labute approximate surface area is 106 Å². The van der Waals surface area contributed by atoms with Gasteiger partial charge in [0.1, 0.15) is 5.60 Å². The molecule has 2 N–H and O–H groups in total. The molecule has 6 heteroatoms. The predicted molar refractivity (Wildman–Crippen MR) is 61.4 cm³/mol. The van der Waals surface area contributed by atoms with Crippen molar-refractivity contribution in [1.29, 1.82) is 0 Å². The van der Waals surface area contributed by atoms with Crippen molar-refractivity contribution in [2.24, 2.45) is 5.92 Å². The van der Waals surface area contributed by atoms with Gasteiger partial charge in [-0.2, -0.15) is 0 Å². The first-order valence-corrected chi connectivity index (χ1v) is 6.15. The Balaban J connectivity index is 2.24. The van der Waals surface area contributed by atoms with Crippen LogP contribution in [0.25, 0.3) is 0 Å². The van der Waals surface area contributed by atoms with Gasteiger partial charge in [-0.1, -0.05) is 6.42 Å². The van der Waals surface area contributed by atoms with E-state index in [0.717, 1.165) is 4.90 Å². The van der Waals surface area contributed by atoms with Crippen LogP contribution in [0, 0.1) is 5.92 Å². The molecule has 1 saturated heterocycles. The van der Waals surface area contributed by atoms with E-state index in [-0.39, 0.29) is 0 Å². The topological polar surface area (TPSA) is 87.1 Å². The number of amides is 2. The van der Waals surface area contributed by atoms with Crippen LogP contribution < -0.4 is 0 Å². The highest BCUT2D eigenvalue weighted by Gasteiger charge is 2.62. The Bertz CT molecular complexity index is 384. The minimum Gasteiger partial charge on any atom is -0.443 e. The molecule has 1 aliphatic heterocycles. The molecule has 2 atom stereocenters. The largest absolute Gasteiger partial charge is 0.443 e. The normalized spacial score (nSPS) is 30.5. The molecule has 2 amide bonds. The number of hydrogen-bond acceptors (Lipinski definition) is 5. The number of imide groups is 1. The molecule has 2 bridgehead atoms. The van der Waals surface area contributed by atoms with Gasteiger partial charge in [-0.15, -0.1) is 0 Å². The summed E-state index contributed by atoms with van der Waals surface area (Å²) >= 11 is 0. The summed E-state index contributed by atoms with van der Waals surface area (Å²) < 4.78 is 5.14. The summed E-state index contributed by atoms with van der Waals surface area (Å²) in [4.78, 5) is 24.9. The number of ether oxygens (including phenoxy) is 1. The summed E-state index contributed by atoms with van der Waals surface area (Å²) in [6, 6.07) is -0.890. The lowest BCUT2D eigenvalue weighted by Gasteiger charge is -2.34. The molecule has 2 aliphatic rings. The number of fused-ring (bicyclic) bond motifs is 2. The van der Waals surface area contributed by atoms with Crippen molar-refractivity contribution < 1.29 is 24.5 Å². The van der Waals surface area contributed by atoms with Crippen molar-refractivity contribution in [2.75, 3.05) is 0 Å². The second kappa shape index (κ2) is 3.93. The van der Waals surface area contributed by atoms with Gasteiger partial charge in [0.15, 0.2) is 5.79 Å².